The molecule has 0 bridgehead atoms. The van der Waals surface area contributed by atoms with E-state index in [9.17, 15) is 35.1 Å². The molecule has 0 amide bonds. The largest absolute Gasteiger partial charge is 0.207 e. The van der Waals surface area contributed by atoms with Crippen molar-refractivity contribution < 1.29 is 35.1 Å². The Labute approximate surface area is 517 Å². The topological polar surface area (TPSA) is 190 Å². The second kappa shape index (κ2) is 38.3. The molecule has 0 spiro atoms. The first-order valence-corrected chi connectivity index (χ1v) is 26.0. The first-order chi connectivity index (χ1) is 37.9. The van der Waals surface area contributed by atoms with E-state index in [1.807, 2.05) is 57.3 Å². The lowest BCUT2D eigenvalue weighted by atomic mass is 10.2. The van der Waals surface area contributed by atoms with Crippen LogP contribution in [0.2, 0.25) is 20.1 Å². The summed E-state index contributed by atoms with van der Waals surface area (Å²) in [6.45, 7) is 0. The second-order valence-corrected chi connectivity index (χ2v) is 19.7. The van der Waals surface area contributed by atoms with Crippen LogP contribution >= 0.6 is 123 Å². The van der Waals surface area contributed by atoms with Crippen LogP contribution in [0.4, 0.5) is 35.1 Å². The van der Waals surface area contributed by atoms with E-state index in [1.165, 1.54) is 109 Å². The molecule has 0 unspecified atom stereocenters. The number of nitrogens with zero attached hydrogens (tertiary/aromatic N) is 8. The smallest absolute Gasteiger partial charge is 0.142 e. The van der Waals surface area contributed by atoms with Crippen molar-refractivity contribution in [2.24, 2.45) is 0 Å². The predicted molar refractivity (Wildman–Crippen MR) is 310 cm³/mol. The SMILES string of the molecule is N#Cc1c(F)cccc1Cl.N#Cc1c(F)cccc1I.N#Cc1cc(Br)ccc1F.N#Cc1cc(Cl)ccc1F.N#Cc1cc(I)ccc1F.N#Cc1ccc(Br)cc1F.N#Cc1ccc(F)c(Cl)c1.N#Cc1ccc(F)cc1Cl. The van der Waals surface area contributed by atoms with Gasteiger partial charge in [-0.3, -0.25) is 0 Å². The van der Waals surface area contributed by atoms with Crippen LogP contribution in [0.15, 0.2) is 155 Å². The van der Waals surface area contributed by atoms with Crippen LogP contribution in [0.3, 0.4) is 0 Å². The Morgan fingerprint density at radius 1 is 0.338 bits per heavy atom. The van der Waals surface area contributed by atoms with Gasteiger partial charge in [0, 0.05) is 21.1 Å². The Balaban J connectivity index is 0.000000457. The van der Waals surface area contributed by atoms with Gasteiger partial charge < -0.3 is 0 Å². The van der Waals surface area contributed by atoms with Crippen molar-refractivity contribution in [3.05, 3.63) is 273 Å². The number of halogens is 16. The molecule has 0 aromatic heterocycles. The van der Waals surface area contributed by atoms with Crippen LogP contribution in [0.5, 0.6) is 0 Å². The quantitative estimate of drug-likeness (QED) is 0.106. The molecule has 0 fully saturated rings. The van der Waals surface area contributed by atoms with E-state index in [4.69, 9.17) is 88.5 Å². The van der Waals surface area contributed by atoms with Gasteiger partial charge in [-0.05, 0) is 179 Å². The van der Waals surface area contributed by atoms with Crippen molar-refractivity contribution in [2.45, 2.75) is 0 Å². The van der Waals surface area contributed by atoms with Crippen molar-refractivity contribution in [1.29, 1.82) is 42.1 Å². The first kappa shape index (κ1) is 70.7. The lowest BCUT2D eigenvalue weighted by molar-refractivity contribution is 0.622. The monoisotopic (exact) mass is 1510 g/mol. The molecule has 0 heterocycles. The Kier molecular flexibility index (Phi) is 33.9. The summed E-state index contributed by atoms with van der Waals surface area (Å²) in [4.78, 5) is 0. The Morgan fingerprint density at radius 3 is 1.25 bits per heavy atom. The third-order valence-electron chi connectivity index (χ3n) is 8.45. The molecule has 80 heavy (non-hydrogen) atoms. The fourth-order valence-corrected chi connectivity index (χ4v) is 7.22. The molecule has 8 aromatic carbocycles. The zero-order valence-corrected chi connectivity index (χ0v) is 50.0. The first-order valence-electron chi connectivity index (χ1n) is 20.7. The van der Waals surface area contributed by atoms with Gasteiger partial charge in [0.1, 0.15) is 100 Å². The summed E-state index contributed by atoms with van der Waals surface area (Å²) < 4.78 is 103. The van der Waals surface area contributed by atoms with Gasteiger partial charge in [-0.15, -0.1) is 0 Å². The minimum atomic E-state index is -0.574. The molecule has 0 aliphatic rings. The van der Waals surface area contributed by atoms with Gasteiger partial charge in [0.15, 0.2) is 0 Å². The minimum absolute atomic E-state index is 0.0148. The summed E-state index contributed by atoms with van der Waals surface area (Å²) in [5.41, 5.74) is 0.915. The number of hydrogen-bond donors (Lipinski definition) is 0. The molecule has 8 nitrogen and oxygen atoms in total. The number of hydrogen-bond acceptors (Lipinski definition) is 8. The molecule has 8 rings (SSSR count). The van der Waals surface area contributed by atoms with Crippen LogP contribution in [0, 0.1) is 144 Å². The summed E-state index contributed by atoms with van der Waals surface area (Å²) >= 11 is 31.9. The highest BCUT2D eigenvalue weighted by molar-refractivity contribution is 14.1. The van der Waals surface area contributed by atoms with Gasteiger partial charge in [0.05, 0.1) is 54.5 Å². The van der Waals surface area contributed by atoms with E-state index in [0.29, 0.717) is 28.7 Å². The molecule has 0 saturated heterocycles. The maximum atomic E-state index is 12.6. The van der Waals surface area contributed by atoms with Crippen LogP contribution in [0.25, 0.3) is 0 Å². The summed E-state index contributed by atoms with van der Waals surface area (Å²) in [6, 6.07) is 47.0. The van der Waals surface area contributed by atoms with Gasteiger partial charge >= 0.3 is 0 Å². The van der Waals surface area contributed by atoms with Gasteiger partial charge in [-0.1, -0.05) is 90.4 Å². The van der Waals surface area contributed by atoms with Crippen LogP contribution in [-0.2, 0) is 0 Å². The molecule has 0 saturated carbocycles. The molecule has 0 atom stereocenters. The van der Waals surface area contributed by atoms with Crippen molar-refractivity contribution >= 4 is 123 Å². The average molecular weight is 1520 g/mol. The molecule has 0 aliphatic carbocycles. The van der Waals surface area contributed by atoms with Gasteiger partial charge in [-0.2, -0.15) is 42.1 Å². The zero-order valence-electron chi connectivity index (χ0n) is 39.5. The standard InChI is InChI=1S/2C7H3BrFN.4C7H3ClFN.2C7H3FIN/c8-6-1-2-7(9)5(3-6)4-10;8-6-2-1-5(4-10)7(9)3-6;8-6-1-2-7(9)5(3-6)4-10;8-7-3-6(9)2-1-5(7)4-10;8-6-3-5(4-10)1-2-7(6)9;8-6-2-1-3-7(9)5(6)4-10;8-7-2-1-6(9)3-5(7)4-10;8-6-2-1-3-7(9)5(6)4-10/h8*1-3H. The summed E-state index contributed by atoms with van der Waals surface area (Å²) in [5, 5.41) is 67.4. The normalized spacial score (nSPS) is 8.90. The van der Waals surface area contributed by atoms with Gasteiger partial charge in [0.25, 0.3) is 0 Å². The third kappa shape index (κ3) is 26.1. The third-order valence-corrected chi connectivity index (χ3v) is 12.2. The van der Waals surface area contributed by atoms with Crippen molar-refractivity contribution in [3.63, 3.8) is 0 Å². The lowest BCUT2D eigenvalue weighted by Gasteiger charge is -1.93. The maximum absolute atomic E-state index is 12.6. The van der Waals surface area contributed by atoms with Crippen molar-refractivity contribution in [3.8, 4) is 48.6 Å². The fourth-order valence-electron chi connectivity index (χ4n) is 4.68. The highest BCUT2D eigenvalue weighted by Crippen LogP contribution is 2.20. The van der Waals surface area contributed by atoms with E-state index in [-0.39, 0.29) is 48.4 Å². The molecular weight excluding hydrogens is 1490 g/mol. The highest BCUT2D eigenvalue weighted by atomic mass is 127. The van der Waals surface area contributed by atoms with Crippen LogP contribution in [-0.4, -0.2) is 0 Å². The van der Waals surface area contributed by atoms with E-state index in [2.05, 4.69) is 31.9 Å². The number of benzene rings is 8. The molecule has 8 aromatic rings. The predicted octanol–water partition coefficient (Wildman–Crippen LogP) is 18.9. The van der Waals surface area contributed by atoms with Gasteiger partial charge in [-0.25, -0.2) is 35.1 Å². The molecule has 400 valence electrons. The van der Waals surface area contributed by atoms with E-state index in [0.717, 1.165) is 9.64 Å². The Bertz CT molecular complexity index is 3500. The van der Waals surface area contributed by atoms with Crippen molar-refractivity contribution in [1.82, 2.24) is 0 Å². The molecule has 0 radical (unpaired) electrons. The second-order valence-electron chi connectivity index (χ2n) is 13.8. The highest BCUT2D eigenvalue weighted by Gasteiger charge is 2.06. The zero-order chi connectivity index (χ0) is 60.5. The Morgan fingerprint density at radius 2 is 0.812 bits per heavy atom. The van der Waals surface area contributed by atoms with Crippen LogP contribution < -0.4 is 0 Å². The summed E-state index contributed by atoms with van der Waals surface area (Å²) in [7, 11) is 0. The van der Waals surface area contributed by atoms with Gasteiger partial charge in [0.2, 0.25) is 0 Å². The molecule has 0 N–H and O–H groups in total. The molecule has 24 heteroatoms. The average Bonchev–Trinajstić information content (AvgIpc) is 3.43. The van der Waals surface area contributed by atoms with E-state index >= 15 is 0 Å². The van der Waals surface area contributed by atoms with Crippen LogP contribution in [0.1, 0.15) is 44.5 Å². The summed E-state index contributed by atoms with van der Waals surface area (Å²) in [5.74, 6) is -3.91. The molecule has 0 aliphatic heterocycles. The molecular formula is C56H24Br2Cl4F8I2N8. The summed E-state index contributed by atoms with van der Waals surface area (Å²) in [6.07, 6.45) is 0. The Hall–Kier alpha value is -7.30. The maximum Gasteiger partial charge on any atom is 0.142 e. The number of nitriles is 8. The minimum Gasteiger partial charge on any atom is -0.207 e. The fraction of sp³-hybridized carbons (Fsp3) is 0. The number of rotatable bonds is 0. The van der Waals surface area contributed by atoms with E-state index < -0.39 is 46.5 Å². The lowest BCUT2D eigenvalue weighted by Crippen LogP contribution is -1.85. The van der Waals surface area contributed by atoms with E-state index in [1.54, 1.807) is 66.7 Å². The van der Waals surface area contributed by atoms with Crippen molar-refractivity contribution in [2.75, 3.05) is 0 Å².